The van der Waals surface area contributed by atoms with E-state index in [0.717, 1.165) is 50.6 Å². The Morgan fingerprint density at radius 1 is 0.839 bits per heavy atom. The summed E-state index contributed by atoms with van der Waals surface area (Å²) in [6.45, 7) is 1.36. The molecule has 2 bridgehead atoms. The van der Waals surface area contributed by atoms with Crippen LogP contribution in [-0.4, -0.2) is 46.8 Å². The van der Waals surface area contributed by atoms with Crippen molar-refractivity contribution in [2.75, 3.05) is 13.1 Å². The molecule has 4 nitrogen and oxygen atoms in total. The summed E-state index contributed by atoms with van der Waals surface area (Å²) in [5, 5.41) is 0. The molecule has 0 spiro atoms. The summed E-state index contributed by atoms with van der Waals surface area (Å²) in [7, 11) is 0. The molecule has 0 N–H and O–H groups in total. The lowest BCUT2D eigenvalue weighted by atomic mass is 9.84. The lowest BCUT2D eigenvalue weighted by Crippen LogP contribution is -2.52. The van der Waals surface area contributed by atoms with Crippen LogP contribution in [0.4, 0.5) is 0 Å². The zero-order valence-corrected chi connectivity index (χ0v) is 18.2. The maximum atomic E-state index is 13.6. The predicted molar refractivity (Wildman–Crippen MR) is 122 cm³/mol. The minimum atomic E-state index is -0.0372. The molecule has 3 heterocycles. The molecule has 2 unspecified atom stereocenters. The van der Waals surface area contributed by atoms with Crippen molar-refractivity contribution in [3.8, 4) is 0 Å². The summed E-state index contributed by atoms with van der Waals surface area (Å²) in [4.78, 5) is 30.6. The second-order valence-corrected chi connectivity index (χ2v) is 9.55. The van der Waals surface area contributed by atoms with E-state index >= 15 is 0 Å². The fraction of sp³-hybridized carbons (Fsp3) is 0.481. The van der Waals surface area contributed by atoms with Gasteiger partial charge in [0.25, 0.3) is 0 Å². The van der Waals surface area contributed by atoms with Crippen molar-refractivity contribution < 1.29 is 9.59 Å². The van der Waals surface area contributed by atoms with E-state index in [9.17, 15) is 9.59 Å². The molecule has 3 saturated heterocycles. The SMILES string of the molecule is O=C(Cc1ccccc1)N1CCCC(C(=O)N2[C@@H]3CC[C@H]2CC(c2ccccc2)C3)C1. The number of carbonyl (C=O) groups is 2. The summed E-state index contributed by atoms with van der Waals surface area (Å²) in [5.41, 5.74) is 2.46. The van der Waals surface area contributed by atoms with Gasteiger partial charge in [0, 0.05) is 25.2 Å². The monoisotopic (exact) mass is 416 g/mol. The Morgan fingerprint density at radius 2 is 1.48 bits per heavy atom. The van der Waals surface area contributed by atoms with Crippen LogP contribution < -0.4 is 0 Å². The van der Waals surface area contributed by atoms with Crippen LogP contribution in [0.25, 0.3) is 0 Å². The van der Waals surface area contributed by atoms with Crippen LogP contribution in [0.2, 0.25) is 0 Å². The summed E-state index contributed by atoms with van der Waals surface area (Å²) in [6.07, 6.45) is 6.67. The highest BCUT2D eigenvalue weighted by atomic mass is 16.2. The van der Waals surface area contributed by atoms with Crippen LogP contribution in [0.15, 0.2) is 60.7 Å². The van der Waals surface area contributed by atoms with Gasteiger partial charge >= 0.3 is 0 Å². The van der Waals surface area contributed by atoms with E-state index in [1.54, 1.807) is 0 Å². The van der Waals surface area contributed by atoms with Crippen LogP contribution in [0.5, 0.6) is 0 Å². The van der Waals surface area contributed by atoms with Crippen LogP contribution in [0, 0.1) is 5.92 Å². The standard InChI is InChI=1S/C27H32N2O2/c30-26(16-20-8-3-1-4-9-20)28-15-7-12-22(19-28)27(31)29-24-13-14-25(29)18-23(17-24)21-10-5-2-6-11-21/h1-6,8-11,22-25H,7,12-19H2/t22?,23?,24-,25+. The highest BCUT2D eigenvalue weighted by Gasteiger charge is 2.45. The topological polar surface area (TPSA) is 40.6 Å². The molecule has 3 fully saturated rings. The van der Waals surface area contributed by atoms with Gasteiger partial charge in [-0.1, -0.05) is 60.7 Å². The van der Waals surface area contributed by atoms with Crippen molar-refractivity contribution in [3.63, 3.8) is 0 Å². The normalized spacial score (nSPS) is 27.9. The van der Waals surface area contributed by atoms with Gasteiger partial charge in [0.15, 0.2) is 0 Å². The first-order valence-electron chi connectivity index (χ1n) is 11.9. The van der Waals surface area contributed by atoms with Gasteiger partial charge in [0.2, 0.25) is 11.8 Å². The number of benzene rings is 2. The van der Waals surface area contributed by atoms with Crippen molar-refractivity contribution in [2.24, 2.45) is 5.92 Å². The maximum absolute atomic E-state index is 13.6. The van der Waals surface area contributed by atoms with E-state index in [1.807, 2.05) is 35.2 Å². The third-order valence-corrected chi connectivity index (χ3v) is 7.58. The largest absolute Gasteiger partial charge is 0.342 e. The van der Waals surface area contributed by atoms with Crippen molar-refractivity contribution >= 4 is 11.8 Å². The molecule has 0 aliphatic carbocycles. The Hall–Kier alpha value is -2.62. The van der Waals surface area contributed by atoms with Gasteiger partial charge in [0.05, 0.1) is 12.3 Å². The Bertz CT molecular complexity index is 899. The smallest absolute Gasteiger partial charge is 0.227 e. The van der Waals surface area contributed by atoms with E-state index < -0.39 is 0 Å². The van der Waals surface area contributed by atoms with Gasteiger partial charge in [-0.25, -0.2) is 0 Å². The van der Waals surface area contributed by atoms with E-state index in [0.29, 0.717) is 36.9 Å². The van der Waals surface area contributed by atoms with Gasteiger partial charge < -0.3 is 9.80 Å². The molecule has 31 heavy (non-hydrogen) atoms. The minimum Gasteiger partial charge on any atom is -0.342 e. The first-order valence-corrected chi connectivity index (χ1v) is 11.9. The summed E-state index contributed by atoms with van der Waals surface area (Å²) in [6, 6.07) is 21.4. The number of piperidine rings is 2. The third kappa shape index (κ3) is 4.26. The molecule has 2 aromatic rings. The number of fused-ring (bicyclic) bond motifs is 2. The molecule has 4 atom stereocenters. The Morgan fingerprint density at radius 3 is 2.16 bits per heavy atom. The summed E-state index contributed by atoms with van der Waals surface area (Å²) >= 11 is 0. The number of amides is 2. The highest BCUT2D eigenvalue weighted by Crippen LogP contribution is 2.44. The maximum Gasteiger partial charge on any atom is 0.227 e. The number of hydrogen-bond acceptors (Lipinski definition) is 2. The van der Waals surface area contributed by atoms with Gasteiger partial charge in [-0.2, -0.15) is 0 Å². The first kappa shape index (κ1) is 20.3. The fourth-order valence-electron chi connectivity index (χ4n) is 6.03. The molecule has 162 valence electrons. The number of nitrogens with zero attached hydrogens (tertiary/aromatic N) is 2. The zero-order valence-electron chi connectivity index (χ0n) is 18.2. The van der Waals surface area contributed by atoms with Gasteiger partial charge in [-0.05, 0) is 55.6 Å². The van der Waals surface area contributed by atoms with Crippen LogP contribution in [0.3, 0.4) is 0 Å². The van der Waals surface area contributed by atoms with E-state index in [-0.39, 0.29) is 11.8 Å². The van der Waals surface area contributed by atoms with Gasteiger partial charge in [0.1, 0.15) is 0 Å². The lowest BCUT2D eigenvalue weighted by molar-refractivity contribution is -0.144. The molecule has 0 aromatic heterocycles. The van der Waals surface area contributed by atoms with Crippen molar-refractivity contribution in [3.05, 3.63) is 71.8 Å². The van der Waals surface area contributed by atoms with E-state index in [2.05, 4.69) is 35.2 Å². The van der Waals surface area contributed by atoms with Crippen molar-refractivity contribution in [1.82, 2.24) is 9.80 Å². The molecule has 3 aliphatic heterocycles. The summed E-state index contributed by atoms with van der Waals surface area (Å²) < 4.78 is 0. The Balaban J connectivity index is 1.23. The fourth-order valence-corrected chi connectivity index (χ4v) is 6.03. The van der Waals surface area contributed by atoms with Crippen LogP contribution in [0.1, 0.15) is 55.6 Å². The summed E-state index contributed by atoms with van der Waals surface area (Å²) in [5.74, 6) is 0.980. The van der Waals surface area contributed by atoms with Crippen molar-refractivity contribution in [2.45, 2.75) is 62.9 Å². The molecule has 2 aromatic carbocycles. The average molecular weight is 417 g/mol. The molecule has 3 aliphatic rings. The quantitative estimate of drug-likeness (QED) is 0.741. The zero-order chi connectivity index (χ0) is 21.2. The van der Waals surface area contributed by atoms with Gasteiger partial charge in [-0.3, -0.25) is 9.59 Å². The molecule has 0 radical (unpaired) electrons. The van der Waals surface area contributed by atoms with Crippen LogP contribution in [-0.2, 0) is 16.0 Å². The molecule has 2 amide bonds. The first-order chi connectivity index (χ1) is 15.2. The predicted octanol–water partition coefficient (Wildman–Crippen LogP) is 4.40. The molecular formula is C27H32N2O2. The average Bonchev–Trinajstić information content (AvgIpc) is 3.08. The number of hydrogen-bond donors (Lipinski definition) is 0. The molecular weight excluding hydrogens is 384 g/mol. The second kappa shape index (κ2) is 8.86. The Kier molecular flexibility index (Phi) is 5.80. The van der Waals surface area contributed by atoms with Crippen LogP contribution >= 0.6 is 0 Å². The second-order valence-electron chi connectivity index (χ2n) is 9.55. The number of carbonyl (C=O) groups excluding carboxylic acids is 2. The Labute approximate surface area is 185 Å². The molecule has 4 heteroatoms. The lowest BCUT2D eigenvalue weighted by Gasteiger charge is -2.42. The van der Waals surface area contributed by atoms with E-state index in [4.69, 9.17) is 0 Å². The molecule has 5 rings (SSSR count). The van der Waals surface area contributed by atoms with Crippen molar-refractivity contribution in [1.29, 1.82) is 0 Å². The number of rotatable bonds is 4. The number of likely N-dealkylation sites (tertiary alicyclic amines) is 1. The third-order valence-electron chi connectivity index (χ3n) is 7.58. The van der Waals surface area contributed by atoms with E-state index in [1.165, 1.54) is 5.56 Å². The minimum absolute atomic E-state index is 0.0372. The highest BCUT2D eigenvalue weighted by molar-refractivity contribution is 5.83. The molecule has 0 saturated carbocycles. The van der Waals surface area contributed by atoms with Gasteiger partial charge in [-0.15, -0.1) is 0 Å².